The van der Waals surface area contributed by atoms with E-state index >= 15 is 0 Å². The third-order valence-electron chi connectivity index (χ3n) is 6.23. The second-order valence-corrected chi connectivity index (χ2v) is 8.76. The Morgan fingerprint density at radius 2 is 1.58 bits per heavy atom. The first-order valence-corrected chi connectivity index (χ1v) is 11.6. The van der Waals surface area contributed by atoms with Crippen LogP contribution in [0.1, 0.15) is 25.5 Å². The largest absolute Gasteiger partial charge is 0.377 e. The number of aliphatic imine (C=N–C) groups is 1. The molecule has 5 rings (SSSR count). The van der Waals surface area contributed by atoms with E-state index in [1.807, 2.05) is 23.6 Å². The van der Waals surface area contributed by atoms with Gasteiger partial charge in [0.05, 0.1) is 44.2 Å². The van der Waals surface area contributed by atoms with Crippen LogP contribution < -0.4 is 20.9 Å². The zero-order chi connectivity index (χ0) is 25.3. The summed E-state index contributed by atoms with van der Waals surface area (Å²) in [6, 6.07) is 0.00992. The summed E-state index contributed by atoms with van der Waals surface area (Å²) in [7, 11) is 0. The predicted octanol–water partition coefficient (Wildman–Crippen LogP) is -0.0738. The van der Waals surface area contributed by atoms with Crippen molar-refractivity contribution in [1.29, 1.82) is 0 Å². The van der Waals surface area contributed by atoms with Gasteiger partial charge >= 0.3 is 0 Å². The second-order valence-electron chi connectivity index (χ2n) is 8.76. The van der Waals surface area contributed by atoms with E-state index in [1.54, 1.807) is 0 Å². The summed E-state index contributed by atoms with van der Waals surface area (Å²) in [6.45, 7) is 7.06. The molecule has 2 aromatic rings. The number of anilines is 2. The third-order valence-corrected chi connectivity index (χ3v) is 6.23. The van der Waals surface area contributed by atoms with E-state index < -0.39 is 12.0 Å². The minimum atomic E-state index is -3.02. The standard InChI is InChI=1S/C21H27F2N11O2/c1-12-8-35-5-3-33(12)19-27-10-25-15(30-19)14-7-21(16(22)23,32-18(24)29-14)17-26-11-28-20(31-17)34-4-6-36-9-13(34)2/h7,10-13,16H,3-6,8-9H2,1-2H3,(H3,24,29,32)/t12-,13-,21?/m0/s1. The maximum atomic E-state index is 14.8. The van der Waals surface area contributed by atoms with Gasteiger partial charge in [0, 0.05) is 13.1 Å². The Labute approximate surface area is 205 Å². The van der Waals surface area contributed by atoms with Gasteiger partial charge in [-0.3, -0.25) is 0 Å². The first-order chi connectivity index (χ1) is 17.4. The van der Waals surface area contributed by atoms with Gasteiger partial charge in [0.1, 0.15) is 12.7 Å². The molecule has 5 heterocycles. The Morgan fingerprint density at radius 3 is 2.19 bits per heavy atom. The SMILES string of the molecule is C[C@H]1COCCN1c1ncnc(C2=CC(c3ncnc(N4CCOC[C@@H]4C)n3)(C(F)F)N=C(N)N2)n1. The number of nitrogens with two attached hydrogens (primary N) is 1. The molecule has 0 bridgehead atoms. The number of hydrogen-bond acceptors (Lipinski definition) is 13. The van der Waals surface area contributed by atoms with Crippen molar-refractivity contribution in [1.82, 2.24) is 35.2 Å². The summed E-state index contributed by atoms with van der Waals surface area (Å²) >= 11 is 0. The monoisotopic (exact) mass is 503 g/mol. The fourth-order valence-electron chi connectivity index (χ4n) is 4.32. The van der Waals surface area contributed by atoms with Gasteiger partial charge in [-0.25, -0.2) is 33.7 Å². The number of aromatic nitrogens is 6. The fraction of sp³-hybridized carbons (Fsp3) is 0.571. The normalized spacial score (nSPS) is 26.9. The first-order valence-electron chi connectivity index (χ1n) is 11.6. The van der Waals surface area contributed by atoms with Crippen molar-refractivity contribution in [2.45, 2.75) is 37.9 Å². The molecule has 3 N–H and O–H groups in total. The van der Waals surface area contributed by atoms with Crippen LogP contribution >= 0.6 is 0 Å². The van der Waals surface area contributed by atoms with E-state index in [9.17, 15) is 8.78 Å². The predicted molar refractivity (Wildman–Crippen MR) is 125 cm³/mol. The third kappa shape index (κ3) is 4.51. The summed E-state index contributed by atoms with van der Waals surface area (Å²) in [4.78, 5) is 33.5. The molecule has 192 valence electrons. The van der Waals surface area contributed by atoms with Crippen molar-refractivity contribution in [2.24, 2.45) is 10.7 Å². The Kier molecular flexibility index (Phi) is 6.57. The van der Waals surface area contributed by atoms with Gasteiger partial charge in [0.15, 0.2) is 17.6 Å². The van der Waals surface area contributed by atoms with Crippen molar-refractivity contribution < 1.29 is 18.3 Å². The Bertz CT molecular complexity index is 1170. The average molecular weight is 504 g/mol. The quantitative estimate of drug-likeness (QED) is 0.561. The van der Waals surface area contributed by atoms with Crippen molar-refractivity contribution in [3.63, 3.8) is 0 Å². The van der Waals surface area contributed by atoms with Crippen LogP contribution in [0.15, 0.2) is 23.7 Å². The van der Waals surface area contributed by atoms with E-state index in [0.29, 0.717) is 45.5 Å². The lowest BCUT2D eigenvalue weighted by Crippen LogP contribution is -2.46. The van der Waals surface area contributed by atoms with Gasteiger partial charge in [0.2, 0.25) is 17.4 Å². The van der Waals surface area contributed by atoms with E-state index in [0.717, 1.165) is 0 Å². The van der Waals surface area contributed by atoms with Crippen molar-refractivity contribution in [3.8, 4) is 0 Å². The zero-order valence-electron chi connectivity index (χ0n) is 19.9. The highest BCUT2D eigenvalue weighted by Gasteiger charge is 2.46. The van der Waals surface area contributed by atoms with Gasteiger partial charge in [-0.1, -0.05) is 0 Å². The minimum Gasteiger partial charge on any atom is -0.377 e. The number of ether oxygens (including phenoxy) is 2. The Balaban J connectivity index is 1.54. The molecule has 0 spiro atoms. The number of halogens is 2. The van der Waals surface area contributed by atoms with Gasteiger partial charge in [-0.2, -0.15) is 9.97 Å². The van der Waals surface area contributed by atoms with Crippen LogP contribution in [-0.2, 0) is 15.0 Å². The second kappa shape index (κ2) is 9.81. The van der Waals surface area contributed by atoms with Crippen LogP contribution in [0.4, 0.5) is 20.7 Å². The van der Waals surface area contributed by atoms with E-state index in [4.69, 9.17) is 15.2 Å². The Hall–Kier alpha value is -3.59. The molecular formula is C21H27F2N11O2. The molecule has 36 heavy (non-hydrogen) atoms. The van der Waals surface area contributed by atoms with Gasteiger partial charge in [0.25, 0.3) is 6.43 Å². The molecule has 3 atom stereocenters. The van der Waals surface area contributed by atoms with Crippen molar-refractivity contribution in [2.75, 3.05) is 49.3 Å². The van der Waals surface area contributed by atoms with Gasteiger partial charge in [-0.15, -0.1) is 0 Å². The average Bonchev–Trinajstić information content (AvgIpc) is 2.89. The highest BCUT2D eigenvalue weighted by molar-refractivity contribution is 5.90. The van der Waals surface area contributed by atoms with Crippen LogP contribution in [0.2, 0.25) is 0 Å². The molecule has 3 aliphatic rings. The molecule has 2 saturated heterocycles. The van der Waals surface area contributed by atoms with Crippen molar-refractivity contribution >= 4 is 23.6 Å². The smallest absolute Gasteiger partial charge is 0.274 e. The van der Waals surface area contributed by atoms with Crippen LogP contribution in [0.3, 0.4) is 0 Å². The zero-order valence-corrected chi connectivity index (χ0v) is 19.9. The molecule has 0 radical (unpaired) electrons. The molecule has 2 fully saturated rings. The van der Waals surface area contributed by atoms with E-state index in [-0.39, 0.29) is 41.3 Å². The molecule has 0 aromatic carbocycles. The summed E-state index contributed by atoms with van der Waals surface area (Å²) < 4.78 is 40.4. The summed E-state index contributed by atoms with van der Waals surface area (Å²) in [5, 5.41) is 2.80. The molecule has 1 unspecified atom stereocenters. The van der Waals surface area contributed by atoms with E-state index in [2.05, 4.69) is 40.2 Å². The molecular weight excluding hydrogens is 476 g/mol. The Morgan fingerprint density at radius 1 is 0.972 bits per heavy atom. The van der Waals surface area contributed by atoms with Gasteiger partial charge in [-0.05, 0) is 19.9 Å². The maximum absolute atomic E-state index is 14.8. The molecule has 13 nitrogen and oxygen atoms in total. The molecule has 3 aliphatic heterocycles. The molecule has 0 saturated carbocycles. The highest BCUT2D eigenvalue weighted by atomic mass is 19.3. The number of hydrogen-bond donors (Lipinski definition) is 2. The molecule has 0 amide bonds. The fourth-order valence-corrected chi connectivity index (χ4v) is 4.32. The number of guanidine groups is 1. The maximum Gasteiger partial charge on any atom is 0.274 e. The molecule has 15 heteroatoms. The summed E-state index contributed by atoms with van der Waals surface area (Å²) in [5.41, 5.74) is 3.87. The highest BCUT2D eigenvalue weighted by Crippen LogP contribution is 2.36. The van der Waals surface area contributed by atoms with Crippen LogP contribution in [0, 0.1) is 0 Å². The minimum absolute atomic E-state index is 0.0320. The lowest BCUT2D eigenvalue weighted by Gasteiger charge is -2.34. The number of alkyl halides is 2. The molecule has 0 aliphatic carbocycles. The van der Waals surface area contributed by atoms with Crippen LogP contribution in [-0.4, -0.2) is 93.9 Å². The number of morpholine rings is 2. The molecule has 2 aromatic heterocycles. The topological polar surface area (TPSA) is 153 Å². The summed E-state index contributed by atoms with van der Waals surface area (Å²) in [5.74, 6) is 0.334. The van der Waals surface area contributed by atoms with Crippen LogP contribution in [0.5, 0.6) is 0 Å². The lowest BCUT2D eigenvalue weighted by molar-refractivity contribution is 0.0739. The van der Waals surface area contributed by atoms with E-state index in [1.165, 1.54) is 18.7 Å². The van der Waals surface area contributed by atoms with Crippen LogP contribution in [0.25, 0.3) is 5.70 Å². The summed E-state index contributed by atoms with van der Waals surface area (Å²) in [6.07, 6.45) is 0.713. The number of rotatable bonds is 5. The van der Waals surface area contributed by atoms with Gasteiger partial charge < -0.3 is 30.3 Å². The lowest BCUT2D eigenvalue weighted by atomic mass is 9.96. The number of nitrogens with zero attached hydrogens (tertiary/aromatic N) is 9. The van der Waals surface area contributed by atoms with Crippen molar-refractivity contribution in [3.05, 3.63) is 30.4 Å². The number of nitrogens with one attached hydrogen (secondary N) is 1. The first kappa shape index (κ1) is 24.1.